The van der Waals surface area contributed by atoms with E-state index in [-0.39, 0.29) is 10.8 Å². The summed E-state index contributed by atoms with van der Waals surface area (Å²) >= 11 is 0. The van der Waals surface area contributed by atoms with Gasteiger partial charge in [-0.25, -0.2) is 12.7 Å². The molecule has 1 aliphatic rings. The number of rotatable bonds is 6. The molecule has 1 saturated heterocycles. The first-order valence-corrected chi connectivity index (χ1v) is 11.4. The Morgan fingerprint density at radius 1 is 1.17 bits per heavy atom. The summed E-state index contributed by atoms with van der Waals surface area (Å²) in [5.74, 6) is 0.421. The first kappa shape index (κ1) is 21.3. The van der Waals surface area contributed by atoms with Gasteiger partial charge in [-0.15, -0.1) is 0 Å². The average Bonchev–Trinajstić information content (AvgIpc) is 2.72. The van der Waals surface area contributed by atoms with E-state index in [1.165, 1.54) is 44.8 Å². The predicted molar refractivity (Wildman–Crippen MR) is 116 cm³/mol. The van der Waals surface area contributed by atoms with Crippen molar-refractivity contribution in [3.63, 3.8) is 0 Å². The minimum Gasteiger partial charge on any atom is -0.371 e. The Hall–Kier alpha value is -2.38. The second-order valence-corrected chi connectivity index (χ2v) is 10.0. The van der Waals surface area contributed by atoms with E-state index < -0.39 is 10.0 Å². The fourth-order valence-corrected chi connectivity index (χ4v) is 4.49. The predicted octanol–water partition coefficient (Wildman–Crippen LogP) is 3.10. The second-order valence-electron chi connectivity index (χ2n) is 7.86. The van der Waals surface area contributed by atoms with Gasteiger partial charge in [0.1, 0.15) is 0 Å². The summed E-state index contributed by atoms with van der Waals surface area (Å²) in [6.07, 6.45) is 2.51. The van der Waals surface area contributed by atoms with Crippen LogP contribution < -0.4 is 10.2 Å². The number of benzene rings is 2. The van der Waals surface area contributed by atoms with E-state index in [1.807, 2.05) is 12.1 Å². The molecule has 2 aromatic rings. The Bertz CT molecular complexity index is 956. The van der Waals surface area contributed by atoms with Gasteiger partial charge in [-0.05, 0) is 54.7 Å². The van der Waals surface area contributed by atoms with Gasteiger partial charge in [0.2, 0.25) is 10.0 Å². The summed E-state index contributed by atoms with van der Waals surface area (Å²) in [5.41, 5.74) is 2.55. The minimum atomic E-state index is -3.57. The molecule has 0 aliphatic carbocycles. The van der Waals surface area contributed by atoms with Crippen LogP contribution in [0.4, 0.5) is 5.69 Å². The lowest BCUT2D eigenvalue weighted by molar-refractivity contribution is 0.0950. The molecule has 29 heavy (non-hydrogen) atoms. The Balaban J connectivity index is 1.62. The van der Waals surface area contributed by atoms with Crippen molar-refractivity contribution in [3.8, 4) is 0 Å². The van der Waals surface area contributed by atoms with Gasteiger partial charge in [0.15, 0.2) is 0 Å². The lowest BCUT2D eigenvalue weighted by Gasteiger charge is -2.32. The van der Waals surface area contributed by atoms with Gasteiger partial charge in [-0.1, -0.05) is 25.1 Å². The largest absolute Gasteiger partial charge is 0.371 e. The third-order valence-electron chi connectivity index (χ3n) is 5.29. The molecule has 0 saturated carbocycles. The molecule has 0 radical (unpaired) electrons. The zero-order chi connectivity index (χ0) is 21.0. The van der Waals surface area contributed by atoms with Gasteiger partial charge in [0, 0.05) is 45.0 Å². The molecule has 1 unspecified atom stereocenters. The zero-order valence-corrected chi connectivity index (χ0v) is 18.1. The molecule has 0 aromatic heterocycles. The highest BCUT2D eigenvalue weighted by Gasteiger charge is 2.19. The summed E-state index contributed by atoms with van der Waals surface area (Å²) in [7, 11) is -0.634. The number of amides is 1. The van der Waals surface area contributed by atoms with Crippen LogP contribution >= 0.6 is 0 Å². The summed E-state index contributed by atoms with van der Waals surface area (Å²) in [6.45, 7) is 4.85. The lowest BCUT2D eigenvalue weighted by atomic mass is 9.99. The Labute approximate surface area is 173 Å². The Kier molecular flexibility index (Phi) is 6.59. The Morgan fingerprint density at radius 3 is 2.55 bits per heavy atom. The first-order chi connectivity index (χ1) is 13.8. The summed E-state index contributed by atoms with van der Waals surface area (Å²) in [5, 5.41) is 2.87. The third kappa shape index (κ3) is 5.16. The van der Waals surface area contributed by atoms with Crippen molar-refractivity contribution in [2.75, 3.05) is 32.1 Å². The minimum absolute atomic E-state index is 0.107. The maximum atomic E-state index is 12.5. The lowest BCUT2D eigenvalue weighted by Crippen LogP contribution is -2.34. The molecule has 1 amide bonds. The van der Waals surface area contributed by atoms with Crippen molar-refractivity contribution >= 4 is 21.6 Å². The molecule has 1 heterocycles. The van der Waals surface area contributed by atoms with Gasteiger partial charge < -0.3 is 10.2 Å². The number of nitrogens with zero attached hydrogens (tertiary/aromatic N) is 2. The summed E-state index contributed by atoms with van der Waals surface area (Å²) in [6, 6.07) is 14.4. The molecule has 0 bridgehead atoms. The number of sulfonamides is 1. The van der Waals surface area contributed by atoms with E-state index in [4.69, 9.17) is 0 Å². The van der Waals surface area contributed by atoms with E-state index in [0.29, 0.717) is 12.1 Å². The number of hydrogen-bond acceptors (Lipinski definition) is 4. The van der Waals surface area contributed by atoms with E-state index in [9.17, 15) is 13.2 Å². The summed E-state index contributed by atoms with van der Waals surface area (Å²) < 4.78 is 25.7. The summed E-state index contributed by atoms with van der Waals surface area (Å²) in [4.78, 5) is 15.0. The average molecular weight is 416 g/mol. The molecule has 1 atom stereocenters. The fourth-order valence-electron chi connectivity index (χ4n) is 3.54. The molecule has 3 rings (SSSR count). The normalized spacial score (nSPS) is 17.4. The topological polar surface area (TPSA) is 69.7 Å². The van der Waals surface area contributed by atoms with Crippen molar-refractivity contribution in [1.82, 2.24) is 9.62 Å². The number of carbonyl (C=O) groups excluding carboxylic acids is 1. The third-order valence-corrected chi connectivity index (χ3v) is 7.10. The van der Waals surface area contributed by atoms with Crippen molar-refractivity contribution in [2.45, 2.75) is 31.2 Å². The van der Waals surface area contributed by atoms with E-state index in [0.717, 1.165) is 28.9 Å². The quantitative estimate of drug-likeness (QED) is 0.787. The number of nitrogens with one attached hydrogen (secondary N) is 1. The maximum Gasteiger partial charge on any atom is 0.251 e. The molecular weight excluding hydrogens is 386 g/mol. The number of piperidine rings is 1. The van der Waals surface area contributed by atoms with E-state index in [2.05, 4.69) is 29.3 Å². The van der Waals surface area contributed by atoms with Crippen LogP contribution in [-0.4, -0.2) is 45.8 Å². The SMILES string of the molecule is CC1CCCN(c2ccc(CNC(=O)c3cccc(S(=O)(=O)N(C)C)c3)cc2)C1. The van der Waals surface area contributed by atoms with Crippen LogP contribution in [0.15, 0.2) is 53.4 Å². The van der Waals surface area contributed by atoms with Crippen LogP contribution in [0.3, 0.4) is 0 Å². The second kappa shape index (κ2) is 8.97. The number of hydrogen-bond donors (Lipinski definition) is 1. The number of anilines is 1. The van der Waals surface area contributed by atoms with Crippen molar-refractivity contribution in [2.24, 2.45) is 5.92 Å². The molecule has 1 N–H and O–H groups in total. The maximum absolute atomic E-state index is 12.5. The van der Waals surface area contributed by atoms with Gasteiger partial charge in [-0.3, -0.25) is 4.79 Å². The molecule has 156 valence electrons. The molecule has 1 aliphatic heterocycles. The van der Waals surface area contributed by atoms with Gasteiger partial charge >= 0.3 is 0 Å². The van der Waals surface area contributed by atoms with Crippen molar-refractivity contribution in [1.29, 1.82) is 0 Å². The highest BCUT2D eigenvalue weighted by molar-refractivity contribution is 7.89. The van der Waals surface area contributed by atoms with Gasteiger partial charge in [-0.2, -0.15) is 0 Å². The molecule has 7 heteroatoms. The van der Waals surface area contributed by atoms with Crippen LogP contribution in [0, 0.1) is 5.92 Å². The van der Waals surface area contributed by atoms with Gasteiger partial charge in [0.25, 0.3) is 5.91 Å². The van der Waals surface area contributed by atoms with Crippen LogP contribution in [0.1, 0.15) is 35.7 Å². The first-order valence-electron chi connectivity index (χ1n) is 9.92. The monoisotopic (exact) mass is 415 g/mol. The van der Waals surface area contributed by atoms with Crippen LogP contribution in [0.5, 0.6) is 0 Å². The number of carbonyl (C=O) groups is 1. The highest BCUT2D eigenvalue weighted by atomic mass is 32.2. The van der Waals surface area contributed by atoms with Crippen molar-refractivity contribution in [3.05, 3.63) is 59.7 Å². The van der Waals surface area contributed by atoms with Crippen LogP contribution in [0.2, 0.25) is 0 Å². The molecule has 1 fully saturated rings. The zero-order valence-electron chi connectivity index (χ0n) is 17.3. The van der Waals surface area contributed by atoms with Crippen LogP contribution in [0.25, 0.3) is 0 Å². The molecule has 2 aromatic carbocycles. The van der Waals surface area contributed by atoms with Crippen LogP contribution in [-0.2, 0) is 16.6 Å². The molecule has 6 nitrogen and oxygen atoms in total. The van der Waals surface area contributed by atoms with E-state index in [1.54, 1.807) is 12.1 Å². The smallest absolute Gasteiger partial charge is 0.251 e. The molecular formula is C22H29N3O3S. The Morgan fingerprint density at radius 2 is 1.90 bits per heavy atom. The fraction of sp³-hybridized carbons (Fsp3) is 0.409. The highest BCUT2D eigenvalue weighted by Crippen LogP contribution is 2.23. The van der Waals surface area contributed by atoms with Gasteiger partial charge in [0.05, 0.1) is 4.90 Å². The molecule has 0 spiro atoms. The standard InChI is InChI=1S/C22H29N3O3S/c1-17-6-5-13-25(16-17)20-11-9-18(10-12-20)15-23-22(26)19-7-4-8-21(14-19)29(27,28)24(2)3/h4,7-12,14,17H,5-6,13,15-16H2,1-3H3,(H,23,26). The van der Waals surface area contributed by atoms with Crippen molar-refractivity contribution < 1.29 is 13.2 Å². The van der Waals surface area contributed by atoms with E-state index >= 15 is 0 Å².